The largest absolute Gasteiger partial charge is 0.387 e. The second-order valence-electron chi connectivity index (χ2n) is 5.92. The Hall–Kier alpha value is -1.67. The van der Waals surface area contributed by atoms with Crippen LogP contribution in [0.4, 0.5) is 0 Å². The molecule has 0 fully saturated rings. The van der Waals surface area contributed by atoms with Crippen LogP contribution < -0.4 is 0 Å². The SMILES string of the molecule is Cc1cc(C)c(-c2ccc3c(n2)C(O)CCC3)c(C)c1. The number of pyridine rings is 1. The zero-order valence-electron chi connectivity index (χ0n) is 12.4. The van der Waals surface area contributed by atoms with Gasteiger partial charge in [0.15, 0.2) is 0 Å². The van der Waals surface area contributed by atoms with Crippen molar-refractivity contribution in [1.82, 2.24) is 4.98 Å². The molecule has 0 bridgehead atoms. The fraction of sp³-hybridized carbons (Fsp3) is 0.389. The molecule has 2 aromatic rings. The van der Waals surface area contributed by atoms with Gasteiger partial charge in [-0.2, -0.15) is 0 Å². The second kappa shape index (κ2) is 5.02. The summed E-state index contributed by atoms with van der Waals surface area (Å²) >= 11 is 0. The van der Waals surface area contributed by atoms with Crippen LogP contribution in [-0.4, -0.2) is 10.1 Å². The van der Waals surface area contributed by atoms with Gasteiger partial charge in [0.05, 0.1) is 17.5 Å². The van der Waals surface area contributed by atoms with Crippen LogP contribution in [0.15, 0.2) is 24.3 Å². The van der Waals surface area contributed by atoms with E-state index in [0.29, 0.717) is 0 Å². The van der Waals surface area contributed by atoms with Crippen molar-refractivity contribution in [3.05, 3.63) is 52.2 Å². The highest BCUT2D eigenvalue weighted by atomic mass is 16.3. The van der Waals surface area contributed by atoms with Gasteiger partial charge in [-0.05, 0) is 62.8 Å². The molecule has 2 heteroatoms. The number of fused-ring (bicyclic) bond motifs is 1. The van der Waals surface area contributed by atoms with Crippen molar-refractivity contribution in [2.75, 3.05) is 0 Å². The Morgan fingerprint density at radius 1 is 1.10 bits per heavy atom. The molecule has 1 atom stereocenters. The van der Waals surface area contributed by atoms with E-state index < -0.39 is 6.10 Å². The topological polar surface area (TPSA) is 33.1 Å². The molecule has 1 unspecified atom stereocenters. The first-order valence-corrected chi connectivity index (χ1v) is 7.32. The molecule has 20 heavy (non-hydrogen) atoms. The maximum atomic E-state index is 10.2. The lowest BCUT2D eigenvalue weighted by atomic mass is 9.91. The lowest BCUT2D eigenvalue weighted by Gasteiger charge is -2.21. The average molecular weight is 267 g/mol. The van der Waals surface area contributed by atoms with E-state index in [-0.39, 0.29) is 0 Å². The predicted molar refractivity (Wildman–Crippen MR) is 81.8 cm³/mol. The quantitative estimate of drug-likeness (QED) is 0.845. The third-order valence-corrected chi connectivity index (χ3v) is 4.18. The molecule has 0 saturated heterocycles. The third kappa shape index (κ3) is 2.25. The molecule has 0 saturated carbocycles. The van der Waals surface area contributed by atoms with Crippen molar-refractivity contribution in [3.63, 3.8) is 0 Å². The van der Waals surface area contributed by atoms with E-state index in [1.807, 2.05) is 0 Å². The van der Waals surface area contributed by atoms with Gasteiger partial charge in [-0.3, -0.25) is 0 Å². The Balaban J connectivity index is 2.14. The molecular weight excluding hydrogens is 246 g/mol. The fourth-order valence-electron chi connectivity index (χ4n) is 3.35. The van der Waals surface area contributed by atoms with Crippen molar-refractivity contribution in [1.29, 1.82) is 0 Å². The van der Waals surface area contributed by atoms with E-state index in [1.54, 1.807) is 0 Å². The number of aliphatic hydroxyl groups is 1. The molecule has 1 aliphatic carbocycles. The molecule has 1 aromatic carbocycles. The molecule has 1 aromatic heterocycles. The monoisotopic (exact) mass is 267 g/mol. The summed E-state index contributed by atoms with van der Waals surface area (Å²) in [7, 11) is 0. The molecule has 0 radical (unpaired) electrons. The van der Waals surface area contributed by atoms with Crippen molar-refractivity contribution < 1.29 is 5.11 Å². The van der Waals surface area contributed by atoms with Gasteiger partial charge in [0.25, 0.3) is 0 Å². The predicted octanol–water partition coefficient (Wildman–Crippen LogP) is 4.04. The summed E-state index contributed by atoms with van der Waals surface area (Å²) in [5.74, 6) is 0. The van der Waals surface area contributed by atoms with Gasteiger partial charge >= 0.3 is 0 Å². The highest BCUT2D eigenvalue weighted by Gasteiger charge is 2.20. The van der Waals surface area contributed by atoms with E-state index in [2.05, 4.69) is 45.0 Å². The Bertz CT molecular complexity index is 637. The number of hydrogen-bond donors (Lipinski definition) is 1. The number of nitrogens with zero attached hydrogens (tertiary/aromatic N) is 1. The van der Waals surface area contributed by atoms with Crippen LogP contribution in [0.1, 0.15) is 46.9 Å². The van der Waals surface area contributed by atoms with Gasteiger partial charge in [0.2, 0.25) is 0 Å². The first-order chi connectivity index (χ1) is 9.56. The second-order valence-corrected chi connectivity index (χ2v) is 5.92. The van der Waals surface area contributed by atoms with Crippen LogP contribution >= 0.6 is 0 Å². The summed E-state index contributed by atoms with van der Waals surface area (Å²) in [5, 5.41) is 10.2. The Morgan fingerprint density at radius 2 is 1.80 bits per heavy atom. The van der Waals surface area contributed by atoms with E-state index in [1.165, 1.54) is 27.8 Å². The first-order valence-electron chi connectivity index (χ1n) is 7.32. The average Bonchev–Trinajstić information content (AvgIpc) is 2.38. The van der Waals surface area contributed by atoms with Gasteiger partial charge in [-0.15, -0.1) is 0 Å². The van der Waals surface area contributed by atoms with E-state index in [9.17, 15) is 5.11 Å². The Morgan fingerprint density at radius 3 is 2.50 bits per heavy atom. The minimum Gasteiger partial charge on any atom is -0.387 e. The third-order valence-electron chi connectivity index (χ3n) is 4.18. The van der Waals surface area contributed by atoms with Crippen LogP contribution in [0.5, 0.6) is 0 Å². The van der Waals surface area contributed by atoms with Crippen molar-refractivity contribution >= 4 is 0 Å². The molecule has 3 rings (SSSR count). The van der Waals surface area contributed by atoms with Crippen LogP contribution in [0, 0.1) is 20.8 Å². The van der Waals surface area contributed by atoms with E-state index in [0.717, 1.165) is 30.7 Å². The minimum absolute atomic E-state index is 0.398. The normalized spacial score (nSPS) is 17.9. The molecule has 0 amide bonds. The molecule has 1 heterocycles. The number of aromatic nitrogens is 1. The standard InChI is InChI=1S/C18H21NO/c1-11-9-12(2)17(13(3)10-11)15-8-7-14-5-4-6-16(20)18(14)19-15/h7-10,16,20H,4-6H2,1-3H3. The summed E-state index contributed by atoms with van der Waals surface area (Å²) < 4.78 is 0. The number of aryl methyl sites for hydroxylation is 4. The summed E-state index contributed by atoms with van der Waals surface area (Å²) in [4.78, 5) is 4.77. The molecule has 104 valence electrons. The first kappa shape index (κ1) is 13.3. The van der Waals surface area contributed by atoms with Gasteiger partial charge in [-0.1, -0.05) is 23.8 Å². The van der Waals surface area contributed by atoms with Crippen LogP contribution in [0.3, 0.4) is 0 Å². The van der Waals surface area contributed by atoms with Crippen LogP contribution in [0.25, 0.3) is 11.3 Å². The van der Waals surface area contributed by atoms with Gasteiger partial charge in [0, 0.05) is 5.56 Å². The van der Waals surface area contributed by atoms with Crippen molar-refractivity contribution in [3.8, 4) is 11.3 Å². The fourth-order valence-corrected chi connectivity index (χ4v) is 3.35. The van der Waals surface area contributed by atoms with E-state index >= 15 is 0 Å². The zero-order chi connectivity index (χ0) is 14.3. The number of benzene rings is 1. The summed E-state index contributed by atoms with van der Waals surface area (Å²) in [6, 6.07) is 8.63. The van der Waals surface area contributed by atoms with Crippen LogP contribution in [-0.2, 0) is 6.42 Å². The zero-order valence-corrected chi connectivity index (χ0v) is 12.4. The molecule has 1 aliphatic rings. The highest BCUT2D eigenvalue weighted by molar-refractivity contribution is 5.68. The summed E-state index contributed by atoms with van der Waals surface area (Å²) in [6.45, 7) is 6.38. The van der Waals surface area contributed by atoms with Gasteiger partial charge in [-0.25, -0.2) is 4.98 Å². The lowest BCUT2D eigenvalue weighted by Crippen LogP contribution is -2.12. The number of hydrogen-bond acceptors (Lipinski definition) is 2. The van der Waals surface area contributed by atoms with E-state index in [4.69, 9.17) is 4.98 Å². The van der Waals surface area contributed by atoms with Crippen molar-refractivity contribution in [2.24, 2.45) is 0 Å². The summed E-state index contributed by atoms with van der Waals surface area (Å²) in [6.07, 6.45) is 2.52. The van der Waals surface area contributed by atoms with Gasteiger partial charge in [0.1, 0.15) is 0 Å². The van der Waals surface area contributed by atoms with Crippen LogP contribution in [0.2, 0.25) is 0 Å². The molecule has 0 aliphatic heterocycles. The molecule has 1 N–H and O–H groups in total. The number of rotatable bonds is 1. The Labute approximate surface area is 120 Å². The Kier molecular flexibility index (Phi) is 3.35. The lowest BCUT2D eigenvalue weighted by molar-refractivity contribution is 0.151. The maximum Gasteiger partial charge on any atom is 0.0962 e. The van der Waals surface area contributed by atoms with Crippen molar-refractivity contribution in [2.45, 2.75) is 46.1 Å². The minimum atomic E-state index is -0.398. The summed E-state index contributed by atoms with van der Waals surface area (Å²) in [5.41, 5.74) is 8.06. The number of aliphatic hydroxyl groups excluding tert-OH is 1. The highest BCUT2D eigenvalue weighted by Crippen LogP contribution is 2.32. The smallest absolute Gasteiger partial charge is 0.0962 e. The maximum absolute atomic E-state index is 10.2. The molecule has 0 spiro atoms. The van der Waals surface area contributed by atoms with Gasteiger partial charge < -0.3 is 5.11 Å². The molecular formula is C18H21NO. The molecule has 2 nitrogen and oxygen atoms in total.